The molecule has 2 amide bonds. The zero-order valence-electron chi connectivity index (χ0n) is 27.1. The predicted molar refractivity (Wildman–Crippen MR) is 176 cm³/mol. The summed E-state index contributed by atoms with van der Waals surface area (Å²) in [6, 6.07) is 16.7. The molecular weight excluding hydrogens is 643 g/mol. The second kappa shape index (κ2) is 14.2. The number of carbonyl (C=O) groups is 2. The average Bonchev–Trinajstić information content (AvgIpc) is 3.44. The summed E-state index contributed by atoms with van der Waals surface area (Å²) >= 11 is 0. The Hall–Kier alpha value is -4.00. The van der Waals surface area contributed by atoms with Crippen LogP contribution in [-0.4, -0.2) is 51.1 Å². The van der Waals surface area contributed by atoms with Crippen LogP contribution < -0.4 is 10.0 Å². The number of alkyl halides is 3. The van der Waals surface area contributed by atoms with E-state index in [1.165, 1.54) is 7.11 Å². The molecule has 1 unspecified atom stereocenters. The van der Waals surface area contributed by atoms with E-state index in [0.717, 1.165) is 66.1 Å². The van der Waals surface area contributed by atoms with Crippen molar-refractivity contribution in [3.8, 4) is 0 Å². The van der Waals surface area contributed by atoms with Gasteiger partial charge in [-0.1, -0.05) is 61.2 Å². The molecule has 1 aliphatic carbocycles. The molecule has 3 aromatic carbocycles. The minimum Gasteiger partial charge on any atom is -0.423 e. The fraction of sp³-hybridized carbons (Fsp3) is 0.389. The third-order valence-electron chi connectivity index (χ3n) is 9.60. The highest BCUT2D eigenvalue weighted by Crippen LogP contribution is 2.36. The Balaban J connectivity index is 1.32. The zero-order chi connectivity index (χ0) is 34.7. The van der Waals surface area contributed by atoms with Gasteiger partial charge in [0.05, 0.1) is 42.2 Å². The van der Waals surface area contributed by atoms with E-state index in [9.17, 15) is 31.2 Å². The van der Waals surface area contributed by atoms with Crippen LogP contribution in [0.5, 0.6) is 0 Å². The topological polar surface area (TPSA) is 102 Å². The molecule has 0 aromatic heterocycles. The van der Waals surface area contributed by atoms with Crippen LogP contribution in [0.1, 0.15) is 78.9 Å². The lowest BCUT2D eigenvalue weighted by Crippen LogP contribution is -2.55. The Morgan fingerprint density at radius 3 is 2.44 bits per heavy atom. The molecule has 256 valence electrons. The summed E-state index contributed by atoms with van der Waals surface area (Å²) in [4.78, 5) is 25.8. The van der Waals surface area contributed by atoms with Crippen molar-refractivity contribution in [3.05, 3.63) is 107 Å². The predicted octanol–water partition coefficient (Wildman–Crippen LogP) is 7.09. The van der Waals surface area contributed by atoms with Gasteiger partial charge in [-0.3, -0.25) is 4.79 Å². The van der Waals surface area contributed by atoms with Gasteiger partial charge in [-0.2, -0.15) is 18.0 Å². The molecule has 1 aliphatic heterocycles. The minimum absolute atomic E-state index is 0.126. The number of nitrogens with zero attached hydrogens (tertiary/aromatic N) is 1. The number of quaternary nitrogens is 1. The lowest BCUT2D eigenvalue weighted by Gasteiger charge is -2.34. The normalized spacial score (nSPS) is 21.6. The van der Waals surface area contributed by atoms with E-state index < -0.39 is 38.6 Å². The van der Waals surface area contributed by atoms with Gasteiger partial charge in [0.25, 0.3) is 0 Å². The molecule has 48 heavy (non-hydrogen) atoms. The van der Waals surface area contributed by atoms with Crippen molar-refractivity contribution in [1.29, 1.82) is 0 Å². The number of hydrogen-bond donors (Lipinski definition) is 2. The van der Waals surface area contributed by atoms with Gasteiger partial charge in [-0.05, 0) is 66.6 Å². The van der Waals surface area contributed by atoms with Gasteiger partial charge in [0.2, 0.25) is 15.9 Å². The first kappa shape index (κ1) is 35.3. The standard InChI is InChI=1S/C36H40F3N3O5S/c1-24(23-42(35(44)47-3)19-9-10-25(42)2)27-17-18-31-28(20-27)13-7-16-32(31)40-34(43)22-33(26-11-5-4-6-12-26)41-48(45,46)30-15-8-14-29(21-30)36(37,38)39/h4-6,8,11-12,14-15,17-18,20-21,25,32-33,41H,1,7,9-10,13,16,19,22-23H2,2-3H3/p+1/t25-,32-,33-,42?/m1/s1. The fourth-order valence-electron chi connectivity index (χ4n) is 6.95. The maximum absolute atomic E-state index is 13.5. The van der Waals surface area contributed by atoms with Crippen LogP contribution in [0.15, 0.2) is 84.3 Å². The summed E-state index contributed by atoms with van der Waals surface area (Å²) in [6.45, 7) is 7.54. The number of amides is 2. The molecule has 12 heteroatoms. The van der Waals surface area contributed by atoms with Crippen molar-refractivity contribution in [2.75, 3.05) is 20.2 Å². The van der Waals surface area contributed by atoms with Crippen molar-refractivity contribution in [1.82, 2.24) is 10.0 Å². The number of hydrogen-bond acceptors (Lipinski definition) is 5. The average molecular weight is 685 g/mol. The lowest BCUT2D eigenvalue weighted by atomic mass is 9.85. The van der Waals surface area contributed by atoms with Crippen molar-refractivity contribution in [3.63, 3.8) is 0 Å². The van der Waals surface area contributed by atoms with Gasteiger partial charge < -0.3 is 10.1 Å². The van der Waals surface area contributed by atoms with E-state index >= 15 is 0 Å². The van der Waals surface area contributed by atoms with Gasteiger partial charge in [-0.25, -0.2) is 17.6 Å². The van der Waals surface area contributed by atoms with E-state index in [0.29, 0.717) is 31.1 Å². The summed E-state index contributed by atoms with van der Waals surface area (Å²) in [5, 5.41) is 3.06. The van der Waals surface area contributed by atoms with Gasteiger partial charge in [-0.15, -0.1) is 0 Å². The van der Waals surface area contributed by atoms with Crippen molar-refractivity contribution >= 4 is 27.6 Å². The third-order valence-corrected chi connectivity index (χ3v) is 11.1. The van der Waals surface area contributed by atoms with Gasteiger partial charge in [0, 0.05) is 24.8 Å². The molecule has 3 aromatic rings. The monoisotopic (exact) mass is 684 g/mol. The number of nitrogens with one attached hydrogen (secondary N) is 2. The number of benzene rings is 3. The van der Waals surface area contributed by atoms with E-state index in [2.05, 4.69) is 29.6 Å². The van der Waals surface area contributed by atoms with Gasteiger partial charge in [0.1, 0.15) is 6.54 Å². The zero-order valence-corrected chi connectivity index (χ0v) is 27.9. The van der Waals surface area contributed by atoms with Crippen LogP contribution in [0.3, 0.4) is 0 Å². The molecular formula is C36H41F3N3O5S+. The molecule has 1 heterocycles. The molecule has 2 aliphatic rings. The SMILES string of the molecule is C=C(C[N+]1(C(=O)OC)CCC[C@H]1C)c1ccc2c(c1)CCC[C@H]2NC(=O)C[C@@H](NS(=O)(=O)c1cccc(C(F)(F)F)c1)c1ccccc1. The lowest BCUT2D eigenvalue weighted by molar-refractivity contribution is -0.860. The van der Waals surface area contributed by atoms with Crippen molar-refractivity contribution < 1.29 is 40.4 Å². The number of methoxy groups -OCH3 is 1. The second-order valence-electron chi connectivity index (χ2n) is 12.7. The van der Waals surface area contributed by atoms with Crippen molar-refractivity contribution in [2.24, 2.45) is 0 Å². The molecule has 5 rings (SSSR count). The first-order chi connectivity index (χ1) is 22.7. The fourth-order valence-corrected chi connectivity index (χ4v) is 8.22. The Morgan fingerprint density at radius 1 is 1.02 bits per heavy atom. The Bertz CT molecular complexity index is 1780. The molecule has 2 N–H and O–H groups in total. The van der Waals surface area contributed by atoms with Crippen LogP contribution in [0, 0.1) is 0 Å². The summed E-state index contributed by atoms with van der Waals surface area (Å²) in [7, 11) is -3.01. The molecule has 0 radical (unpaired) electrons. The second-order valence-corrected chi connectivity index (χ2v) is 14.4. The van der Waals surface area contributed by atoms with Crippen LogP contribution in [0.4, 0.5) is 18.0 Å². The molecule has 1 fully saturated rings. The van der Waals surface area contributed by atoms with Crippen LogP contribution in [0.25, 0.3) is 5.57 Å². The highest BCUT2D eigenvalue weighted by Gasteiger charge is 2.47. The largest absolute Gasteiger partial charge is 0.516 e. The summed E-state index contributed by atoms with van der Waals surface area (Å²) in [6.07, 6.45) is -1.06. The number of halogens is 3. The molecule has 0 spiro atoms. The van der Waals surface area contributed by atoms with Crippen LogP contribution in [-0.2, 0) is 32.2 Å². The van der Waals surface area contributed by atoms with E-state index in [1.54, 1.807) is 30.3 Å². The Kier molecular flexibility index (Phi) is 10.5. The summed E-state index contributed by atoms with van der Waals surface area (Å²) < 4.78 is 74.3. The van der Waals surface area contributed by atoms with E-state index in [1.807, 2.05) is 12.1 Å². The molecule has 8 nitrogen and oxygen atoms in total. The Labute approximate surface area is 279 Å². The highest BCUT2D eigenvalue weighted by atomic mass is 32.2. The number of fused-ring (bicyclic) bond motifs is 1. The van der Waals surface area contributed by atoms with Gasteiger partial charge >= 0.3 is 12.3 Å². The first-order valence-electron chi connectivity index (χ1n) is 16.0. The smallest absolute Gasteiger partial charge is 0.423 e. The van der Waals surface area contributed by atoms with E-state index in [4.69, 9.17) is 4.74 Å². The van der Waals surface area contributed by atoms with E-state index in [-0.39, 0.29) is 29.1 Å². The summed E-state index contributed by atoms with van der Waals surface area (Å²) in [5.74, 6) is -0.408. The molecule has 0 bridgehead atoms. The number of rotatable bonds is 10. The van der Waals surface area contributed by atoms with Crippen molar-refractivity contribution in [2.45, 2.75) is 74.6 Å². The molecule has 4 atom stereocenters. The number of aryl methyl sites for hydroxylation is 1. The first-order valence-corrected chi connectivity index (χ1v) is 17.5. The number of sulfonamides is 1. The third kappa shape index (κ3) is 7.66. The maximum atomic E-state index is 13.5. The van der Waals surface area contributed by atoms with Crippen LogP contribution in [0.2, 0.25) is 0 Å². The molecule has 0 saturated carbocycles. The highest BCUT2D eigenvalue weighted by molar-refractivity contribution is 7.89. The maximum Gasteiger partial charge on any atom is 0.516 e. The number of carbonyl (C=O) groups excluding carboxylic acids is 2. The number of ether oxygens (including phenoxy) is 1. The summed E-state index contributed by atoms with van der Waals surface area (Å²) in [5.41, 5.74) is 3.19. The number of likely N-dealkylation sites (tertiary alicyclic amines) is 1. The minimum atomic E-state index is -4.71. The van der Waals surface area contributed by atoms with Gasteiger partial charge in [0.15, 0.2) is 0 Å². The van der Waals surface area contributed by atoms with Crippen LogP contribution >= 0.6 is 0 Å². The Morgan fingerprint density at radius 2 is 1.77 bits per heavy atom. The quantitative estimate of drug-likeness (QED) is 0.222. The molecule has 1 saturated heterocycles.